The Hall–Kier alpha value is -2.63. The largest absolute Gasteiger partial charge is 0.480 e. The van der Waals surface area contributed by atoms with Gasteiger partial charge in [-0.25, -0.2) is 9.18 Å². The van der Waals surface area contributed by atoms with Gasteiger partial charge in [0.1, 0.15) is 6.67 Å². The van der Waals surface area contributed by atoms with Gasteiger partial charge in [-0.05, 0) is 45.0 Å². The van der Waals surface area contributed by atoms with E-state index in [1.54, 1.807) is 12.1 Å². The zero-order valence-electron chi connectivity index (χ0n) is 13.3. The van der Waals surface area contributed by atoms with Crippen molar-refractivity contribution >= 4 is 11.9 Å². The third-order valence-corrected chi connectivity index (χ3v) is 3.67. The van der Waals surface area contributed by atoms with Gasteiger partial charge < -0.3 is 15.0 Å². The maximum Gasteiger partial charge on any atom is 0.328 e. The number of carbonyl (C=O) groups is 2. The van der Waals surface area contributed by atoms with E-state index >= 15 is 0 Å². The number of benzene rings is 1. The Labute approximate surface area is 133 Å². The maximum absolute atomic E-state index is 12.8. The van der Waals surface area contributed by atoms with Crippen molar-refractivity contribution in [2.75, 3.05) is 6.67 Å². The number of carboxylic acid groups (broad SMARTS) is 1. The number of nitrogens with one attached hydrogen (secondary N) is 1. The van der Waals surface area contributed by atoms with Gasteiger partial charge in [0.25, 0.3) is 5.91 Å². The van der Waals surface area contributed by atoms with Crippen LogP contribution in [0.3, 0.4) is 0 Å². The van der Waals surface area contributed by atoms with Crippen LogP contribution in [0.25, 0.3) is 5.69 Å². The summed E-state index contributed by atoms with van der Waals surface area (Å²) in [6.07, 6.45) is 0. The molecule has 0 saturated carbocycles. The van der Waals surface area contributed by atoms with Crippen LogP contribution in [0.5, 0.6) is 0 Å². The lowest BCUT2D eigenvalue weighted by atomic mass is 10.1. The second kappa shape index (κ2) is 6.64. The van der Waals surface area contributed by atoms with E-state index in [4.69, 9.17) is 5.11 Å². The number of rotatable bonds is 5. The average Bonchev–Trinajstić information content (AvgIpc) is 2.83. The Balaban J connectivity index is 2.48. The molecule has 1 atom stereocenters. The molecule has 2 aromatic rings. The highest BCUT2D eigenvalue weighted by molar-refractivity contribution is 6.00. The Kier molecular flexibility index (Phi) is 4.83. The lowest BCUT2D eigenvalue weighted by Crippen LogP contribution is -2.42. The first-order chi connectivity index (χ1) is 10.8. The van der Waals surface area contributed by atoms with Crippen LogP contribution in [0.15, 0.2) is 30.3 Å². The van der Waals surface area contributed by atoms with Gasteiger partial charge >= 0.3 is 5.97 Å². The minimum absolute atomic E-state index is 0.312. The van der Waals surface area contributed by atoms with E-state index in [2.05, 4.69) is 5.32 Å². The van der Waals surface area contributed by atoms with Crippen LogP contribution in [0.1, 0.15) is 27.3 Å². The van der Waals surface area contributed by atoms with Gasteiger partial charge in [0, 0.05) is 11.4 Å². The summed E-state index contributed by atoms with van der Waals surface area (Å²) in [6.45, 7) is 4.50. The lowest BCUT2D eigenvalue weighted by Gasteiger charge is -2.17. The zero-order chi connectivity index (χ0) is 17.1. The molecule has 1 aromatic carbocycles. The molecular weight excluding hydrogens is 299 g/mol. The first-order valence-electron chi connectivity index (χ1n) is 7.20. The van der Waals surface area contributed by atoms with Crippen LogP contribution in [0, 0.1) is 20.8 Å². The molecule has 0 spiro atoms. The minimum atomic E-state index is -1.55. The van der Waals surface area contributed by atoms with Crippen LogP contribution >= 0.6 is 0 Å². The zero-order valence-corrected chi connectivity index (χ0v) is 13.3. The molecule has 1 aromatic heterocycles. The highest BCUT2D eigenvalue weighted by Gasteiger charge is 2.23. The fourth-order valence-corrected chi connectivity index (χ4v) is 2.48. The van der Waals surface area contributed by atoms with Gasteiger partial charge in [-0.3, -0.25) is 4.79 Å². The van der Waals surface area contributed by atoms with Crippen molar-refractivity contribution in [1.29, 1.82) is 0 Å². The monoisotopic (exact) mass is 318 g/mol. The van der Waals surface area contributed by atoms with E-state index in [0.29, 0.717) is 11.3 Å². The van der Waals surface area contributed by atoms with Crippen LogP contribution in [-0.2, 0) is 4.79 Å². The van der Waals surface area contributed by atoms with Gasteiger partial charge in [0.2, 0.25) is 0 Å². The average molecular weight is 318 g/mol. The van der Waals surface area contributed by atoms with Crippen LogP contribution in [0.4, 0.5) is 4.39 Å². The third kappa shape index (κ3) is 3.41. The molecule has 2 rings (SSSR count). The highest BCUT2D eigenvalue weighted by Crippen LogP contribution is 2.21. The Morgan fingerprint density at radius 1 is 1.17 bits per heavy atom. The normalized spacial score (nSPS) is 12.0. The lowest BCUT2D eigenvalue weighted by molar-refractivity contribution is -0.139. The van der Waals surface area contributed by atoms with E-state index < -0.39 is 24.6 Å². The van der Waals surface area contributed by atoms with Crippen molar-refractivity contribution in [2.45, 2.75) is 26.8 Å². The van der Waals surface area contributed by atoms with E-state index in [9.17, 15) is 14.0 Å². The first-order valence-corrected chi connectivity index (χ1v) is 7.20. The predicted molar refractivity (Wildman–Crippen MR) is 84.8 cm³/mol. The smallest absolute Gasteiger partial charge is 0.328 e. The first kappa shape index (κ1) is 16.7. The van der Waals surface area contributed by atoms with Gasteiger partial charge in [-0.1, -0.05) is 11.6 Å². The molecule has 6 heteroatoms. The summed E-state index contributed by atoms with van der Waals surface area (Å²) in [5.41, 5.74) is 3.69. The van der Waals surface area contributed by atoms with Crippen molar-refractivity contribution in [2.24, 2.45) is 0 Å². The summed E-state index contributed by atoms with van der Waals surface area (Å²) in [4.78, 5) is 23.4. The third-order valence-electron chi connectivity index (χ3n) is 3.67. The predicted octanol–water partition coefficient (Wildman–Crippen LogP) is 2.56. The summed E-state index contributed by atoms with van der Waals surface area (Å²) in [5.74, 6) is -2.01. The number of aryl methyl sites for hydroxylation is 3. The molecule has 1 amide bonds. The molecule has 5 nitrogen and oxygen atoms in total. The summed E-state index contributed by atoms with van der Waals surface area (Å²) in [5, 5.41) is 11.1. The van der Waals surface area contributed by atoms with Gasteiger partial charge in [0.15, 0.2) is 6.04 Å². The SMILES string of the molecule is Cc1ccc(-n2c(C)ccc2C)c(C(=O)NC(CF)C(=O)O)c1. The number of amides is 1. The molecule has 1 unspecified atom stereocenters. The number of carbonyl (C=O) groups excluding carboxylic acids is 1. The molecule has 122 valence electrons. The van der Waals surface area contributed by atoms with Crippen molar-refractivity contribution in [1.82, 2.24) is 9.88 Å². The highest BCUT2D eigenvalue weighted by atomic mass is 19.1. The number of alkyl halides is 1. The minimum Gasteiger partial charge on any atom is -0.480 e. The fraction of sp³-hybridized carbons (Fsp3) is 0.294. The molecule has 1 heterocycles. The quantitative estimate of drug-likeness (QED) is 0.890. The number of hydrogen-bond donors (Lipinski definition) is 2. The number of hydrogen-bond acceptors (Lipinski definition) is 2. The van der Waals surface area contributed by atoms with Crippen LogP contribution < -0.4 is 5.32 Å². The van der Waals surface area contributed by atoms with E-state index in [-0.39, 0.29) is 0 Å². The molecule has 0 aliphatic heterocycles. The molecule has 0 aliphatic rings. The molecule has 0 bridgehead atoms. The molecule has 23 heavy (non-hydrogen) atoms. The van der Waals surface area contributed by atoms with Crippen LogP contribution in [-0.4, -0.2) is 34.3 Å². The molecule has 0 fully saturated rings. The van der Waals surface area contributed by atoms with E-state index in [0.717, 1.165) is 17.0 Å². The fourth-order valence-electron chi connectivity index (χ4n) is 2.48. The number of nitrogens with zero attached hydrogens (tertiary/aromatic N) is 1. The second-order valence-electron chi connectivity index (χ2n) is 5.49. The molecule has 0 aliphatic carbocycles. The number of aromatic nitrogens is 1. The van der Waals surface area contributed by atoms with Crippen molar-refractivity contribution in [3.05, 3.63) is 52.8 Å². The van der Waals surface area contributed by atoms with E-state index in [1.807, 2.05) is 43.5 Å². The number of carboxylic acids is 1. The van der Waals surface area contributed by atoms with Crippen molar-refractivity contribution < 1.29 is 19.1 Å². The molecular formula is C17H19FN2O3. The van der Waals surface area contributed by atoms with Crippen molar-refractivity contribution in [3.8, 4) is 5.69 Å². The van der Waals surface area contributed by atoms with Gasteiger partial charge in [0.05, 0.1) is 11.3 Å². The number of halogens is 1. The second-order valence-corrected chi connectivity index (χ2v) is 5.49. The summed E-state index contributed by atoms with van der Waals surface area (Å²) in [7, 11) is 0. The van der Waals surface area contributed by atoms with Crippen molar-refractivity contribution in [3.63, 3.8) is 0 Å². The Morgan fingerprint density at radius 2 is 1.78 bits per heavy atom. The van der Waals surface area contributed by atoms with Crippen LogP contribution in [0.2, 0.25) is 0 Å². The Bertz CT molecular complexity index is 733. The van der Waals surface area contributed by atoms with Gasteiger partial charge in [-0.2, -0.15) is 0 Å². The topological polar surface area (TPSA) is 71.3 Å². The summed E-state index contributed by atoms with van der Waals surface area (Å²) in [6, 6.07) is 7.64. The molecule has 2 N–H and O–H groups in total. The summed E-state index contributed by atoms with van der Waals surface area (Å²) >= 11 is 0. The van der Waals surface area contributed by atoms with E-state index in [1.165, 1.54) is 0 Å². The molecule has 0 saturated heterocycles. The van der Waals surface area contributed by atoms with Gasteiger partial charge in [-0.15, -0.1) is 0 Å². The number of aliphatic carboxylic acids is 1. The Morgan fingerprint density at radius 3 is 2.30 bits per heavy atom. The standard InChI is InChI=1S/C17H19FN2O3/c1-10-4-7-15(20-11(2)5-6-12(20)3)13(8-10)16(21)19-14(9-18)17(22)23/h4-8,14H,9H2,1-3H3,(H,19,21)(H,22,23). The summed E-state index contributed by atoms with van der Waals surface area (Å²) < 4.78 is 14.7. The molecule has 0 radical (unpaired) electrons. The maximum atomic E-state index is 12.8.